The number of nitrogens with two attached hydrogens (primary N) is 1. The van der Waals surface area contributed by atoms with Crippen LogP contribution in [0.5, 0.6) is 0 Å². The minimum atomic E-state index is -3.66. The number of nitrogen functional groups attached to an aromatic ring is 1. The smallest absolute Gasteiger partial charge is 0.264 e. The molecule has 0 spiro atoms. The molecule has 0 atom stereocenters. The van der Waals surface area contributed by atoms with Crippen LogP contribution < -0.4 is 10.6 Å². The van der Waals surface area contributed by atoms with E-state index in [1.807, 2.05) is 18.2 Å². The maximum Gasteiger partial charge on any atom is 0.264 e. The van der Waals surface area contributed by atoms with Gasteiger partial charge in [0.2, 0.25) is 0 Å². The van der Waals surface area contributed by atoms with Crippen LogP contribution in [0.4, 0.5) is 11.6 Å². The molecule has 8 heteroatoms. The Morgan fingerprint density at radius 2 is 1.91 bits per heavy atom. The van der Waals surface area contributed by atoms with Crippen molar-refractivity contribution in [2.24, 2.45) is 0 Å². The second-order valence-corrected chi connectivity index (χ2v) is 6.80. The number of ether oxygens (including phenoxy) is 1. The molecular formula is C15H21N3O4S. The third kappa shape index (κ3) is 5.05. The molecule has 0 amide bonds. The summed E-state index contributed by atoms with van der Waals surface area (Å²) in [5, 5.41) is 2.30. The summed E-state index contributed by atoms with van der Waals surface area (Å²) in [6.07, 6.45) is 0. The molecule has 2 heterocycles. The molecule has 3 rings (SSSR count). The maximum atomic E-state index is 9.56. The van der Waals surface area contributed by atoms with Gasteiger partial charge in [-0.1, -0.05) is 24.3 Å². The average molecular weight is 339 g/mol. The van der Waals surface area contributed by atoms with Crippen molar-refractivity contribution in [1.82, 2.24) is 4.98 Å². The van der Waals surface area contributed by atoms with Crippen molar-refractivity contribution in [2.75, 3.05) is 42.7 Å². The van der Waals surface area contributed by atoms with E-state index in [1.165, 1.54) is 6.92 Å². The summed E-state index contributed by atoms with van der Waals surface area (Å²) in [7, 11) is -3.66. The fraction of sp³-hybridized carbons (Fsp3) is 0.400. The number of pyridine rings is 1. The van der Waals surface area contributed by atoms with Crippen molar-refractivity contribution in [2.45, 2.75) is 6.92 Å². The Kier molecular flexibility index (Phi) is 5.75. The van der Waals surface area contributed by atoms with Crippen molar-refractivity contribution < 1.29 is 17.7 Å². The van der Waals surface area contributed by atoms with Crippen LogP contribution in [0.25, 0.3) is 10.8 Å². The Morgan fingerprint density at radius 3 is 2.52 bits per heavy atom. The minimum absolute atomic E-state index is 0.201. The lowest BCUT2D eigenvalue weighted by Crippen LogP contribution is -2.37. The predicted molar refractivity (Wildman–Crippen MR) is 91.3 cm³/mol. The van der Waals surface area contributed by atoms with Gasteiger partial charge in [0.15, 0.2) is 0 Å². The summed E-state index contributed by atoms with van der Waals surface area (Å²) in [4.78, 5) is 6.71. The van der Waals surface area contributed by atoms with E-state index in [4.69, 9.17) is 15.0 Å². The van der Waals surface area contributed by atoms with Crippen molar-refractivity contribution >= 4 is 32.5 Å². The molecule has 1 saturated heterocycles. The third-order valence-corrected chi connectivity index (χ3v) is 4.15. The van der Waals surface area contributed by atoms with Crippen LogP contribution in [-0.2, 0) is 14.9 Å². The Labute approximate surface area is 135 Å². The van der Waals surface area contributed by atoms with Crippen LogP contribution in [0.2, 0.25) is 0 Å². The monoisotopic (exact) mass is 339 g/mol. The van der Waals surface area contributed by atoms with Crippen molar-refractivity contribution in [3.05, 3.63) is 30.3 Å². The first-order chi connectivity index (χ1) is 10.9. The van der Waals surface area contributed by atoms with E-state index in [2.05, 4.69) is 22.0 Å². The minimum Gasteiger partial charge on any atom is -0.384 e. The molecular weight excluding hydrogens is 318 g/mol. The van der Waals surface area contributed by atoms with Gasteiger partial charge in [-0.15, -0.1) is 0 Å². The largest absolute Gasteiger partial charge is 0.384 e. The highest BCUT2D eigenvalue weighted by Gasteiger charge is 2.15. The summed E-state index contributed by atoms with van der Waals surface area (Å²) in [6.45, 7) is 4.63. The number of benzene rings is 1. The van der Waals surface area contributed by atoms with E-state index >= 15 is 0 Å². The van der Waals surface area contributed by atoms with Crippen molar-refractivity contribution in [3.8, 4) is 0 Å². The van der Waals surface area contributed by atoms with Crippen LogP contribution in [0, 0.1) is 0 Å². The molecule has 0 aliphatic carbocycles. The van der Waals surface area contributed by atoms with Gasteiger partial charge in [0.25, 0.3) is 10.1 Å². The zero-order valence-electron chi connectivity index (χ0n) is 13.0. The van der Waals surface area contributed by atoms with E-state index < -0.39 is 10.1 Å². The molecule has 0 saturated carbocycles. The summed E-state index contributed by atoms with van der Waals surface area (Å²) in [5.74, 6) is 1.35. The second-order valence-electron chi connectivity index (χ2n) is 5.06. The number of rotatable bonds is 2. The molecule has 0 radical (unpaired) electrons. The topological polar surface area (TPSA) is 106 Å². The Balaban J connectivity index is 0.000000277. The average Bonchev–Trinajstić information content (AvgIpc) is 2.55. The standard InChI is InChI=1S/C13H15N3O.C2H6O3S/c14-12-9-10-3-1-2-4-11(10)13(15-12)16-5-7-17-8-6-16;1-2-6(3,4)5/h1-4,9H,5-8H2,(H2,14,15);2H2,1H3,(H,3,4,5). The molecule has 23 heavy (non-hydrogen) atoms. The number of hydrogen-bond acceptors (Lipinski definition) is 6. The van der Waals surface area contributed by atoms with Gasteiger partial charge >= 0.3 is 0 Å². The number of anilines is 2. The lowest BCUT2D eigenvalue weighted by atomic mass is 10.1. The SMILES string of the molecule is CCS(=O)(=O)O.Nc1cc2ccccc2c(N2CCOCC2)n1. The fourth-order valence-corrected chi connectivity index (χ4v) is 2.22. The Morgan fingerprint density at radius 1 is 1.30 bits per heavy atom. The van der Waals surface area contributed by atoms with Crippen molar-refractivity contribution in [1.29, 1.82) is 0 Å². The highest BCUT2D eigenvalue weighted by atomic mass is 32.2. The number of hydrogen-bond donors (Lipinski definition) is 2. The lowest BCUT2D eigenvalue weighted by molar-refractivity contribution is 0.122. The van der Waals surface area contributed by atoms with E-state index in [0.29, 0.717) is 5.82 Å². The van der Waals surface area contributed by atoms with Crippen LogP contribution in [0.15, 0.2) is 30.3 Å². The molecule has 1 aliphatic heterocycles. The van der Waals surface area contributed by atoms with Gasteiger partial charge in [-0.05, 0) is 18.4 Å². The summed E-state index contributed by atoms with van der Waals surface area (Å²) < 4.78 is 32.3. The predicted octanol–water partition coefficient (Wildman–Crippen LogP) is 1.55. The molecule has 1 fully saturated rings. The maximum absolute atomic E-state index is 9.56. The molecule has 1 aliphatic rings. The van der Waals surface area contributed by atoms with Gasteiger partial charge in [0.1, 0.15) is 11.6 Å². The molecule has 7 nitrogen and oxygen atoms in total. The van der Waals surface area contributed by atoms with E-state index in [0.717, 1.165) is 42.9 Å². The normalized spacial score (nSPS) is 15.1. The van der Waals surface area contributed by atoms with Crippen LogP contribution >= 0.6 is 0 Å². The Bertz CT molecular complexity index is 758. The quantitative estimate of drug-likeness (QED) is 0.800. The molecule has 126 valence electrons. The highest BCUT2D eigenvalue weighted by molar-refractivity contribution is 7.85. The number of fused-ring (bicyclic) bond motifs is 1. The second kappa shape index (κ2) is 7.58. The van der Waals surface area contributed by atoms with Crippen molar-refractivity contribution in [3.63, 3.8) is 0 Å². The van der Waals surface area contributed by atoms with Gasteiger partial charge in [-0.25, -0.2) is 4.98 Å². The summed E-state index contributed by atoms with van der Waals surface area (Å²) >= 11 is 0. The third-order valence-electron chi connectivity index (χ3n) is 3.42. The summed E-state index contributed by atoms with van der Waals surface area (Å²) in [5.41, 5.74) is 5.86. The van der Waals surface area contributed by atoms with Crippen LogP contribution in [0.3, 0.4) is 0 Å². The molecule has 1 aromatic heterocycles. The lowest BCUT2D eigenvalue weighted by Gasteiger charge is -2.28. The zero-order chi connectivity index (χ0) is 16.9. The van der Waals surface area contributed by atoms with Crippen LogP contribution in [0.1, 0.15) is 6.92 Å². The van der Waals surface area contributed by atoms with Gasteiger partial charge in [0.05, 0.1) is 19.0 Å². The molecule has 3 N–H and O–H groups in total. The number of aromatic nitrogens is 1. The molecule has 0 bridgehead atoms. The van der Waals surface area contributed by atoms with Gasteiger partial charge in [0, 0.05) is 18.5 Å². The summed E-state index contributed by atoms with van der Waals surface area (Å²) in [6, 6.07) is 10.1. The first-order valence-corrected chi connectivity index (χ1v) is 8.94. The van der Waals surface area contributed by atoms with Gasteiger partial charge < -0.3 is 15.4 Å². The van der Waals surface area contributed by atoms with Gasteiger partial charge in [-0.2, -0.15) is 8.42 Å². The number of morpholine rings is 1. The first-order valence-electron chi connectivity index (χ1n) is 7.34. The molecule has 2 aromatic rings. The highest BCUT2D eigenvalue weighted by Crippen LogP contribution is 2.27. The van der Waals surface area contributed by atoms with E-state index in [9.17, 15) is 8.42 Å². The first kappa shape index (κ1) is 17.5. The fourth-order valence-electron chi connectivity index (χ4n) is 2.22. The van der Waals surface area contributed by atoms with E-state index in [-0.39, 0.29) is 5.75 Å². The Hall–Kier alpha value is -1.90. The number of nitrogens with zero attached hydrogens (tertiary/aromatic N) is 2. The molecule has 1 aromatic carbocycles. The van der Waals surface area contributed by atoms with E-state index in [1.54, 1.807) is 0 Å². The van der Waals surface area contributed by atoms with Crippen LogP contribution in [-0.4, -0.2) is 50.0 Å². The van der Waals surface area contributed by atoms with Gasteiger partial charge in [-0.3, -0.25) is 4.55 Å². The zero-order valence-corrected chi connectivity index (χ0v) is 13.8. The molecule has 0 unspecified atom stereocenters.